The predicted octanol–water partition coefficient (Wildman–Crippen LogP) is 5.98. The highest BCUT2D eigenvalue weighted by Crippen LogP contribution is 2.56. The molecule has 2 heterocycles. The maximum atomic E-state index is 16.1. The second kappa shape index (κ2) is 11.2. The van der Waals surface area contributed by atoms with Crippen LogP contribution in [0.4, 0.5) is 35.4 Å². The van der Waals surface area contributed by atoms with Gasteiger partial charge in [-0.25, -0.2) is 26.6 Å². The predicted molar refractivity (Wildman–Crippen MR) is 167 cm³/mol. The summed E-state index contributed by atoms with van der Waals surface area (Å²) < 4.78 is 72.2. The smallest absolute Gasteiger partial charge is 0.256 e. The summed E-state index contributed by atoms with van der Waals surface area (Å²) in [6, 6.07) is 5.97. The number of rotatable bonds is 8. The lowest BCUT2D eigenvalue weighted by atomic mass is 9.83. The number of nitrogens with zero attached hydrogens (tertiary/aromatic N) is 2. The summed E-state index contributed by atoms with van der Waals surface area (Å²) in [7, 11) is -3.88. The van der Waals surface area contributed by atoms with E-state index in [0.29, 0.717) is 22.1 Å². The number of piperidine rings is 1. The fraction of sp³-hybridized carbons (Fsp3) is 0.467. The molecule has 236 valence electrons. The highest BCUT2D eigenvalue weighted by Gasteiger charge is 2.43. The number of fused-ring (bicyclic) bond motifs is 1. The summed E-state index contributed by atoms with van der Waals surface area (Å²) in [6.45, 7) is 0.661. The van der Waals surface area contributed by atoms with Gasteiger partial charge in [0.15, 0.2) is 10.9 Å². The van der Waals surface area contributed by atoms with E-state index in [1.807, 2.05) is 0 Å². The molecule has 1 aromatic heterocycles. The van der Waals surface area contributed by atoms with Gasteiger partial charge in [0.2, 0.25) is 10.0 Å². The van der Waals surface area contributed by atoms with Crippen LogP contribution in [-0.4, -0.2) is 55.3 Å². The van der Waals surface area contributed by atoms with Gasteiger partial charge in [0, 0.05) is 37.2 Å². The number of aliphatic hydroxyl groups excluding tert-OH is 1. The van der Waals surface area contributed by atoms with Crippen molar-refractivity contribution in [1.29, 1.82) is 0 Å². The molecule has 44 heavy (non-hydrogen) atoms. The van der Waals surface area contributed by atoms with Crippen molar-refractivity contribution in [3.63, 3.8) is 0 Å². The summed E-state index contributed by atoms with van der Waals surface area (Å²) in [5.41, 5.74) is 8.26. The molecule has 2 aliphatic carbocycles. The van der Waals surface area contributed by atoms with E-state index in [0.717, 1.165) is 42.6 Å². The molecule has 14 heteroatoms. The molecule has 1 spiro atoms. The van der Waals surface area contributed by atoms with Gasteiger partial charge in [-0.05, 0) is 79.8 Å². The number of carbonyl (C=O) groups is 1. The minimum absolute atomic E-state index is 0.0222. The zero-order chi connectivity index (χ0) is 31.4. The maximum absolute atomic E-state index is 16.1. The molecule has 1 atom stereocenters. The van der Waals surface area contributed by atoms with Crippen molar-refractivity contribution >= 4 is 65.3 Å². The molecular formula is C30H34F3N5O4S2. The van der Waals surface area contributed by atoms with Crippen LogP contribution in [0.15, 0.2) is 30.3 Å². The van der Waals surface area contributed by atoms with E-state index < -0.39 is 52.4 Å². The third-order valence-corrected chi connectivity index (χ3v) is 11.6. The van der Waals surface area contributed by atoms with E-state index in [-0.39, 0.29) is 46.4 Å². The quantitative estimate of drug-likeness (QED) is 0.236. The van der Waals surface area contributed by atoms with Crippen molar-refractivity contribution in [3.8, 4) is 0 Å². The van der Waals surface area contributed by atoms with Gasteiger partial charge in [-0.2, -0.15) is 0 Å². The number of alkyl halides is 2. The van der Waals surface area contributed by atoms with Gasteiger partial charge in [-0.3, -0.25) is 9.52 Å². The summed E-state index contributed by atoms with van der Waals surface area (Å²) >= 11 is 1.10. The fourth-order valence-electron chi connectivity index (χ4n) is 5.92. The zero-order valence-electron chi connectivity index (χ0n) is 24.1. The molecule has 2 fully saturated rings. The Bertz CT molecular complexity index is 1760. The number of thiazole rings is 1. The number of aliphatic hydroxyl groups is 1. The van der Waals surface area contributed by atoms with Gasteiger partial charge in [-0.1, -0.05) is 17.4 Å². The van der Waals surface area contributed by atoms with Crippen LogP contribution < -0.4 is 20.7 Å². The van der Waals surface area contributed by atoms with Crippen molar-refractivity contribution in [2.24, 2.45) is 5.41 Å². The average molecular weight is 650 g/mol. The van der Waals surface area contributed by atoms with Crippen molar-refractivity contribution in [3.05, 3.63) is 47.3 Å². The Morgan fingerprint density at radius 3 is 2.55 bits per heavy atom. The molecule has 1 unspecified atom stereocenters. The lowest BCUT2D eigenvalue weighted by Gasteiger charge is -2.34. The van der Waals surface area contributed by atoms with Crippen LogP contribution in [-0.2, 0) is 10.0 Å². The number of anilines is 4. The number of benzene rings is 2. The monoisotopic (exact) mass is 649 g/mol. The number of nitrogens with one attached hydrogen (secondary N) is 2. The Kier molecular flexibility index (Phi) is 7.82. The van der Waals surface area contributed by atoms with Gasteiger partial charge in [0.25, 0.3) is 11.8 Å². The van der Waals surface area contributed by atoms with Crippen LogP contribution in [0.3, 0.4) is 0 Å². The largest absolute Gasteiger partial charge is 0.395 e. The third kappa shape index (κ3) is 5.98. The molecule has 5 N–H and O–H groups in total. The number of carbonyl (C=O) groups excluding carboxylic acids is 1. The second-order valence-corrected chi connectivity index (χ2v) is 15.3. The number of hydrogen-bond donors (Lipinski definition) is 4. The molecule has 3 aromatic rings. The second-order valence-electron chi connectivity index (χ2n) is 12.1. The van der Waals surface area contributed by atoms with E-state index in [9.17, 15) is 27.1 Å². The summed E-state index contributed by atoms with van der Waals surface area (Å²) in [5.74, 6) is -4.24. The van der Waals surface area contributed by atoms with Crippen molar-refractivity contribution in [1.82, 2.24) is 4.98 Å². The highest BCUT2D eigenvalue weighted by atomic mass is 32.2. The first-order valence-electron chi connectivity index (χ1n) is 14.6. The van der Waals surface area contributed by atoms with Gasteiger partial charge in [0.1, 0.15) is 16.5 Å². The molecule has 9 nitrogen and oxygen atoms in total. The minimum atomic E-state index is -3.88. The summed E-state index contributed by atoms with van der Waals surface area (Å²) in [5, 5.41) is 11.2. The molecule has 0 radical (unpaired) electrons. The van der Waals surface area contributed by atoms with Gasteiger partial charge >= 0.3 is 0 Å². The van der Waals surface area contributed by atoms with Crippen LogP contribution >= 0.6 is 11.3 Å². The van der Waals surface area contributed by atoms with Crippen molar-refractivity contribution < 1.29 is 31.5 Å². The SMILES string of the molecule is CC(CO)S(=O)(=O)Nc1ccc(C(=O)Nc2cc3sc(N)nc3c(N3CCC(F)(F)CC3)c2F)c(C2=CCC3(CC2)CC3)c1. The Morgan fingerprint density at radius 2 is 1.91 bits per heavy atom. The van der Waals surface area contributed by atoms with Crippen LogP contribution in [0.2, 0.25) is 0 Å². The van der Waals surface area contributed by atoms with Crippen LogP contribution in [0.5, 0.6) is 0 Å². The lowest BCUT2D eigenvalue weighted by Crippen LogP contribution is -2.40. The van der Waals surface area contributed by atoms with Crippen LogP contribution in [0.25, 0.3) is 15.8 Å². The van der Waals surface area contributed by atoms with Gasteiger partial charge in [0.05, 0.1) is 17.0 Å². The summed E-state index contributed by atoms with van der Waals surface area (Å²) in [6.07, 6.45) is 6.05. The number of amides is 1. The first-order valence-corrected chi connectivity index (χ1v) is 16.9. The van der Waals surface area contributed by atoms with Crippen molar-refractivity contribution in [2.45, 2.75) is 63.0 Å². The molecule has 1 amide bonds. The third-order valence-electron chi connectivity index (χ3n) is 8.99. The average Bonchev–Trinajstić information content (AvgIpc) is 3.63. The first kappa shape index (κ1) is 30.7. The molecule has 6 rings (SSSR count). The summed E-state index contributed by atoms with van der Waals surface area (Å²) in [4.78, 5) is 19.6. The molecule has 0 bridgehead atoms. The standard InChI is InChI=1S/C30H34F3N5O4S2/c1-17(16-39)44(41,42)37-19-2-3-20(21(14-19)18-4-6-29(7-5-18)8-9-29)27(40)35-22-15-23-25(36-28(34)43-23)26(24(22)31)38-12-10-30(32,33)11-13-38/h2-4,14-15,17,37,39H,5-13,16H2,1H3,(H2,34,36)(H,35,40). The molecule has 3 aliphatic rings. The number of sulfonamides is 1. The first-order chi connectivity index (χ1) is 20.8. The van der Waals surface area contributed by atoms with E-state index in [2.05, 4.69) is 21.1 Å². The van der Waals surface area contributed by atoms with Crippen LogP contribution in [0, 0.1) is 11.2 Å². The normalized spacial score (nSPS) is 19.9. The molecule has 1 saturated carbocycles. The number of hydrogen-bond acceptors (Lipinski definition) is 8. The number of nitrogen functional groups attached to an aromatic ring is 1. The van der Waals surface area contributed by atoms with Crippen molar-refractivity contribution in [2.75, 3.05) is 40.4 Å². The molecule has 1 aliphatic heterocycles. The highest BCUT2D eigenvalue weighted by molar-refractivity contribution is 7.93. The molecular weight excluding hydrogens is 615 g/mol. The molecule has 1 saturated heterocycles. The Morgan fingerprint density at radius 1 is 1.18 bits per heavy atom. The van der Waals surface area contributed by atoms with Gasteiger partial charge < -0.3 is 21.1 Å². The zero-order valence-corrected chi connectivity index (χ0v) is 25.8. The lowest BCUT2D eigenvalue weighted by molar-refractivity contribution is -0.0221. The maximum Gasteiger partial charge on any atom is 0.256 e. The minimum Gasteiger partial charge on any atom is -0.395 e. The van der Waals surface area contributed by atoms with E-state index in [1.54, 1.807) is 6.07 Å². The number of allylic oxidation sites excluding steroid dienone is 2. The van der Waals surface area contributed by atoms with E-state index in [4.69, 9.17) is 5.73 Å². The van der Waals surface area contributed by atoms with E-state index in [1.165, 1.54) is 30.0 Å². The van der Waals surface area contributed by atoms with E-state index >= 15 is 4.39 Å². The number of halogens is 3. The van der Waals surface area contributed by atoms with Gasteiger partial charge in [-0.15, -0.1) is 0 Å². The Balaban J connectivity index is 1.36. The molecule has 2 aromatic carbocycles. The number of nitrogens with two attached hydrogens (primary N) is 1. The Labute approximate surface area is 257 Å². The number of aromatic nitrogens is 1. The van der Waals surface area contributed by atoms with Crippen LogP contribution in [0.1, 0.15) is 67.8 Å². The fourth-order valence-corrected chi connectivity index (χ4v) is 7.55. The Hall–Kier alpha value is -3.36. The topological polar surface area (TPSA) is 138 Å².